The fraction of sp³-hybridized carbons (Fsp3) is 0.917. The maximum Gasteiger partial charge on any atom is 0.190 e. The normalized spacial score (nSPS) is 20.6. The molecular formula is C12H26IN3. The molecular weight excluding hydrogens is 313 g/mol. The van der Waals surface area contributed by atoms with Crippen molar-refractivity contribution in [2.24, 2.45) is 10.4 Å². The van der Waals surface area contributed by atoms with E-state index in [0.29, 0.717) is 5.41 Å². The number of aliphatic imine (C=N–C) groups is 1. The molecule has 1 fully saturated rings. The summed E-state index contributed by atoms with van der Waals surface area (Å²) in [5.41, 5.74) is 0.462. The van der Waals surface area contributed by atoms with Crippen LogP contribution in [-0.4, -0.2) is 26.6 Å². The number of nitrogens with one attached hydrogen (secondary N) is 2. The zero-order chi connectivity index (χ0) is 11.1. The summed E-state index contributed by atoms with van der Waals surface area (Å²) in [5, 5.41) is 6.46. The van der Waals surface area contributed by atoms with E-state index in [9.17, 15) is 0 Å². The van der Waals surface area contributed by atoms with Gasteiger partial charge in [0.25, 0.3) is 0 Å². The molecule has 0 bridgehead atoms. The van der Waals surface area contributed by atoms with Gasteiger partial charge in [0.1, 0.15) is 0 Å². The number of nitrogens with zero attached hydrogens (tertiary/aromatic N) is 1. The van der Waals surface area contributed by atoms with E-state index in [1.165, 1.54) is 38.5 Å². The van der Waals surface area contributed by atoms with E-state index in [-0.39, 0.29) is 24.0 Å². The fourth-order valence-corrected chi connectivity index (χ4v) is 2.34. The van der Waals surface area contributed by atoms with Crippen LogP contribution in [0.4, 0.5) is 0 Å². The molecule has 0 spiro atoms. The second-order valence-electron chi connectivity index (χ2n) is 4.90. The first-order valence-electron chi connectivity index (χ1n) is 6.09. The predicted octanol–water partition coefficient (Wildman–Crippen LogP) is 2.76. The van der Waals surface area contributed by atoms with Crippen molar-refractivity contribution in [2.45, 2.75) is 45.4 Å². The predicted molar refractivity (Wildman–Crippen MR) is 81.6 cm³/mol. The Morgan fingerprint density at radius 2 is 1.75 bits per heavy atom. The highest BCUT2D eigenvalue weighted by molar-refractivity contribution is 14.0. The molecule has 1 aliphatic carbocycles. The Balaban J connectivity index is 0.00000225. The molecule has 0 aliphatic heterocycles. The van der Waals surface area contributed by atoms with Crippen LogP contribution in [0.3, 0.4) is 0 Å². The largest absolute Gasteiger partial charge is 0.359 e. The van der Waals surface area contributed by atoms with E-state index in [1.807, 2.05) is 14.1 Å². The van der Waals surface area contributed by atoms with Crippen LogP contribution >= 0.6 is 24.0 Å². The van der Waals surface area contributed by atoms with E-state index < -0.39 is 0 Å². The molecule has 96 valence electrons. The first-order valence-corrected chi connectivity index (χ1v) is 6.09. The van der Waals surface area contributed by atoms with E-state index in [2.05, 4.69) is 22.5 Å². The Morgan fingerprint density at radius 1 is 1.19 bits per heavy atom. The molecule has 2 N–H and O–H groups in total. The molecule has 0 unspecified atom stereocenters. The van der Waals surface area contributed by atoms with Gasteiger partial charge in [-0.3, -0.25) is 4.99 Å². The van der Waals surface area contributed by atoms with Crippen molar-refractivity contribution >= 4 is 29.9 Å². The third kappa shape index (κ3) is 5.37. The van der Waals surface area contributed by atoms with Crippen LogP contribution in [0.5, 0.6) is 0 Å². The fourth-order valence-electron chi connectivity index (χ4n) is 2.34. The van der Waals surface area contributed by atoms with Crippen molar-refractivity contribution in [3.63, 3.8) is 0 Å². The highest BCUT2D eigenvalue weighted by atomic mass is 127. The summed E-state index contributed by atoms with van der Waals surface area (Å²) in [6.45, 7) is 3.44. The highest BCUT2D eigenvalue weighted by Gasteiger charge is 2.25. The Bertz CT molecular complexity index is 208. The van der Waals surface area contributed by atoms with Crippen molar-refractivity contribution in [1.82, 2.24) is 10.6 Å². The summed E-state index contributed by atoms with van der Waals surface area (Å²) < 4.78 is 0. The quantitative estimate of drug-likeness (QED) is 0.351. The van der Waals surface area contributed by atoms with Crippen LogP contribution in [0.25, 0.3) is 0 Å². The number of hydrogen-bond acceptors (Lipinski definition) is 1. The van der Waals surface area contributed by atoms with Crippen LogP contribution in [-0.2, 0) is 0 Å². The second-order valence-corrected chi connectivity index (χ2v) is 4.90. The van der Waals surface area contributed by atoms with Gasteiger partial charge in [0.15, 0.2) is 5.96 Å². The smallest absolute Gasteiger partial charge is 0.190 e. The van der Waals surface area contributed by atoms with Crippen molar-refractivity contribution in [2.75, 3.05) is 20.6 Å². The van der Waals surface area contributed by atoms with E-state index in [1.54, 1.807) is 0 Å². The summed E-state index contributed by atoms with van der Waals surface area (Å²) in [4.78, 5) is 4.14. The van der Waals surface area contributed by atoms with Gasteiger partial charge >= 0.3 is 0 Å². The van der Waals surface area contributed by atoms with Crippen molar-refractivity contribution < 1.29 is 0 Å². The molecule has 0 aromatic carbocycles. The summed E-state index contributed by atoms with van der Waals surface area (Å²) >= 11 is 0. The van der Waals surface area contributed by atoms with E-state index >= 15 is 0 Å². The summed E-state index contributed by atoms with van der Waals surface area (Å²) in [6, 6.07) is 0. The molecule has 0 radical (unpaired) electrons. The van der Waals surface area contributed by atoms with Crippen molar-refractivity contribution in [3.05, 3.63) is 0 Å². The monoisotopic (exact) mass is 339 g/mol. The van der Waals surface area contributed by atoms with Crippen LogP contribution in [0.15, 0.2) is 4.99 Å². The Morgan fingerprint density at radius 3 is 2.19 bits per heavy atom. The average Bonchev–Trinajstić information content (AvgIpc) is 2.45. The molecule has 0 aromatic heterocycles. The molecule has 0 saturated heterocycles. The Kier molecular flexibility index (Phi) is 8.14. The molecule has 16 heavy (non-hydrogen) atoms. The number of rotatable bonds is 2. The lowest BCUT2D eigenvalue weighted by Gasteiger charge is -2.28. The molecule has 1 rings (SSSR count). The lowest BCUT2D eigenvalue weighted by Crippen LogP contribution is -2.41. The molecule has 1 saturated carbocycles. The molecule has 0 amide bonds. The van der Waals surface area contributed by atoms with Gasteiger partial charge in [0.2, 0.25) is 0 Å². The maximum atomic E-state index is 4.14. The molecule has 0 atom stereocenters. The van der Waals surface area contributed by atoms with Crippen molar-refractivity contribution in [1.29, 1.82) is 0 Å². The zero-order valence-corrected chi connectivity index (χ0v) is 13.1. The minimum atomic E-state index is 0. The topological polar surface area (TPSA) is 36.4 Å². The van der Waals surface area contributed by atoms with Crippen molar-refractivity contribution in [3.8, 4) is 0 Å². The van der Waals surface area contributed by atoms with Gasteiger partial charge in [-0.2, -0.15) is 0 Å². The Labute approximate surface area is 117 Å². The highest BCUT2D eigenvalue weighted by Crippen LogP contribution is 2.33. The first kappa shape index (κ1) is 16.0. The summed E-state index contributed by atoms with van der Waals surface area (Å²) in [7, 11) is 3.72. The SMILES string of the molecule is CN=C(NC)NCC1(C)CCCCCC1.I. The third-order valence-corrected chi connectivity index (χ3v) is 3.45. The third-order valence-electron chi connectivity index (χ3n) is 3.45. The standard InChI is InChI=1S/C12H25N3.HI/c1-12(8-6-4-5-7-9-12)10-15-11(13-2)14-3;/h4-10H2,1-3H3,(H2,13,14,15);1H. The maximum absolute atomic E-state index is 4.14. The Hall–Kier alpha value is 0. The first-order chi connectivity index (χ1) is 7.20. The molecule has 3 nitrogen and oxygen atoms in total. The number of halogens is 1. The van der Waals surface area contributed by atoms with Crippen LogP contribution < -0.4 is 10.6 Å². The lowest BCUT2D eigenvalue weighted by molar-refractivity contribution is 0.277. The van der Waals surface area contributed by atoms with Gasteiger partial charge in [-0.1, -0.05) is 32.6 Å². The minimum absolute atomic E-state index is 0. The van der Waals surface area contributed by atoms with Gasteiger partial charge in [-0.25, -0.2) is 0 Å². The van der Waals surface area contributed by atoms with Crippen LogP contribution in [0, 0.1) is 5.41 Å². The number of hydrogen-bond donors (Lipinski definition) is 2. The van der Waals surface area contributed by atoms with Crippen LogP contribution in [0.1, 0.15) is 45.4 Å². The van der Waals surface area contributed by atoms with E-state index in [4.69, 9.17) is 0 Å². The van der Waals surface area contributed by atoms with Gasteiger partial charge in [0, 0.05) is 20.6 Å². The van der Waals surface area contributed by atoms with Gasteiger partial charge in [-0.15, -0.1) is 24.0 Å². The van der Waals surface area contributed by atoms with E-state index in [0.717, 1.165) is 12.5 Å². The lowest BCUT2D eigenvalue weighted by atomic mass is 9.82. The minimum Gasteiger partial charge on any atom is -0.359 e. The molecule has 1 aliphatic rings. The van der Waals surface area contributed by atoms with Gasteiger partial charge in [-0.05, 0) is 18.3 Å². The molecule has 0 heterocycles. The van der Waals surface area contributed by atoms with Gasteiger partial charge in [0.05, 0.1) is 0 Å². The molecule has 0 aromatic rings. The molecule has 4 heteroatoms. The van der Waals surface area contributed by atoms with Gasteiger partial charge < -0.3 is 10.6 Å². The zero-order valence-electron chi connectivity index (χ0n) is 10.8. The number of guanidine groups is 1. The second kappa shape index (κ2) is 8.14. The van der Waals surface area contributed by atoms with Crippen LogP contribution in [0.2, 0.25) is 0 Å². The average molecular weight is 339 g/mol. The summed E-state index contributed by atoms with van der Waals surface area (Å²) in [5.74, 6) is 0.903. The summed E-state index contributed by atoms with van der Waals surface area (Å²) in [6.07, 6.45) is 8.29.